The smallest absolute Gasteiger partial charge is 0.0634 e. The Morgan fingerprint density at radius 3 is 0.897 bits per heavy atom. The third-order valence-electron chi connectivity index (χ3n) is 15.7. The fourth-order valence-corrected chi connectivity index (χ4v) is 11.8. The molecule has 0 radical (unpaired) electrons. The Balaban J connectivity index is 1.35. The predicted molar refractivity (Wildman–Crippen MR) is 299 cm³/mol. The summed E-state index contributed by atoms with van der Waals surface area (Å²) in [4.78, 5) is 0. The molecule has 0 fully saturated rings. The maximum absolute atomic E-state index is 2.66. The maximum Gasteiger partial charge on any atom is 0.0634 e. The second-order valence-electron chi connectivity index (χ2n) is 26.8. The molecule has 0 atom stereocenters. The van der Waals surface area contributed by atoms with Gasteiger partial charge >= 0.3 is 0 Å². The first-order valence-electron chi connectivity index (χ1n) is 25.3. The molecule has 346 valence electrons. The van der Waals surface area contributed by atoms with Crippen LogP contribution in [0, 0.1) is 0 Å². The zero-order valence-corrected chi connectivity index (χ0v) is 44.3. The third-order valence-corrected chi connectivity index (χ3v) is 15.7. The molecule has 0 saturated carbocycles. The van der Waals surface area contributed by atoms with Crippen molar-refractivity contribution in [2.45, 2.75) is 157 Å². The van der Waals surface area contributed by atoms with Gasteiger partial charge < -0.3 is 8.80 Å². The Morgan fingerprint density at radius 2 is 0.574 bits per heavy atom. The molecule has 0 aliphatic rings. The highest BCUT2D eigenvalue weighted by atomic mass is 14.9. The topological polar surface area (TPSA) is 8.82 Å². The van der Waals surface area contributed by atoms with Crippen molar-refractivity contribution in [2.75, 3.05) is 0 Å². The summed E-state index contributed by atoms with van der Waals surface area (Å²) < 4.78 is 5.31. The van der Waals surface area contributed by atoms with Gasteiger partial charge in [0.25, 0.3) is 0 Å². The van der Waals surface area contributed by atoms with Crippen LogP contribution in [0.25, 0.3) is 98.4 Å². The molecule has 0 N–H and O–H groups in total. The van der Waals surface area contributed by atoms with Crippen molar-refractivity contribution in [1.29, 1.82) is 0 Å². The molecule has 2 nitrogen and oxygen atoms in total. The summed E-state index contributed by atoms with van der Waals surface area (Å²) in [6.07, 6.45) is 0. The molecule has 68 heavy (non-hydrogen) atoms. The highest BCUT2D eigenvalue weighted by molar-refractivity contribution is 6.45. The summed E-state index contributed by atoms with van der Waals surface area (Å²) in [7, 11) is 0. The van der Waals surface area contributed by atoms with Gasteiger partial charge in [-0.15, -0.1) is 0 Å². The first-order chi connectivity index (χ1) is 31.5. The molecule has 4 heterocycles. The van der Waals surface area contributed by atoms with Gasteiger partial charge in [-0.1, -0.05) is 197 Å². The van der Waals surface area contributed by atoms with Crippen molar-refractivity contribution in [3.63, 3.8) is 0 Å². The van der Waals surface area contributed by atoms with E-state index < -0.39 is 0 Å². The molecule has 0 amide bonds. The molecule has 11 aromatic rings. The predicted octanol–water partition coefficient (Wildman–Crippen LogP) is 19.1. The summed E-state index contributed by atoms with van der Waals surface area (Å²) in [5.41, 5.74) is 21.2. The average Bonchev–Trinajstić information content (AvgIpc) is 3.96. The molecule has 0 aliphatic heterocycles. The van der Waals surface area contributed by atoms with E-state index in [2.05, 4.69) is 243 Å². The van der Waals surface area contributed by atoms with Gasteiger partial charge in [-0.05, 0) is 125 Å². The van der Waals surface area contributed by atoms with Gasteiger partial charge in [0.2, 0.25) is 0 Å². The van der Waals surface area contributed by atoms with Crippen LogP contribution in [-0.2, 0) is 32.5 Å². The minimum Gasteiger partial charge on any atom is -0.308 e. The molecular formula is C66H72N2. The van der Waals surface area contributed by atoms with Crippen LogP contribution in [0.2, 0.25) is 0 Å². The second kappa shape index (κ2) is 13.9. The van der Waals surface area contributed by atoms with E-state index in [1.54, 1.807) is 0 Å². The van der Waals surface area contributed by atoms with Gasteiger partial charge in [0.1, 0.15) is 0 Å². The number of benzene rings is 7. The number of fused-ring (bicyclic) bond motifs is 14. The van der Waals surface area contributed by atoms with Crippen LogP contribution < -0.4 is 0 Å². The number of rotatable bonds is 2. The van der Waals surface area contributed by atoms with Gasteiger partial charge in [0, 0.05) is 43.1 Å². The summed E-state index contributed by atoms with van der Waals surface area (Å²) in [5.74, 6) is 0. The Hall–Kier alpha value is -5.86. The Labute approximate surface area is 405 Å². The first kappa shape index (κ1) is 44.6. The van der Waals surface area contributed by atoms with Crippen LogP contribution in [0.4, 0.5) is 0 Å². The van der Waals surface area contributed by atoms with Crippen molar-refractivity contribution < 1.29 is 0 Å². The third kappa shape index (κ3) is 6.48. The molecule has 4 aromatic heterocycles. The van der Waals surface area contributed by atoms with Crippen molar-refractivity contribution in [3.05, 3.63) is 143 Å². The highest BCUT2D eigenvalue weighted by Gasteiger charge is 2.32. The molecule has 7 aromatic carbocycles. The number of aromatic nitrogens is 2. The fourth-order valence-electron chi connectivity index (χ4n) is 11.8. The normalized spacial score (nSPS) is 14.0. The van der Waals surface area contributed by atoms with Crippen LogP contribution in [0.1, 0.15) is 158 Å². The summed E-state index contributed by atoms with van der Waals surface area (Å²) in [6.45, 7) is 42.2. The summed E-state index contributed by atoms with van der Waals surface area (Å²) in [6, 6.07) is 44.0. The fraction of sp³-hybridized carbons (Fsp3) is 0.364. The maximum atomic E-state index is 2.66. The van der Waals surface area contributed by atoms with Gasteiger partial charge in [-0.25, -0.2) is 0 Å². The van der Waals surface area contributed by atoms with E-state index in [9.17, 15) is 0 Å². The van der Waals surface area contributed by atoms with Crippen molar-refractivity contribution >= 4 is 76.2 Å². The van der Waals surface area contributed by atoms with Crippen LogP contribution in [0.5, 0.6) is 0 Å². The van der Waals surface area contributed by atoms with Crippen LogP contribution in [0.15, 0.2) is 109 Å². The zero-order valence-electron chi connectivity index (χ0n) is 44.3. The van der Waals surface area contributed by atoms with E-state index in [1.165, 1.54) is 132 Å². The van der Waals surface area contributed by atoms with E-state index in [0.29, 0.717) is 0 Å². The van der Waals surface area contributed by atoms with Crippen molar-refractivity contribution in [1.82, 2.24) is 8.80 Å². The second-order valence-corrected chi connectivity index (χ2v) is 26.8. The van der Waals surface area contributed by atoms with Gasteiger partial charge in [0.05, 0.1) is 33.1 Å². The lowest BCUT2D eigenvalue weighted by molar-refractivity contribution is 0.578. The van der Waals surface area contributed by atoms with Crippen molar-refractivity contribution in [2.24, 2.45) is 0 Å². The summed E-state index contributed by atoms with van der Waals surface area (Å²) >= 11 is 0. The Bertz CT molecular complexity index is 3610. The molecular weight excluding hydrogens is 821 g/mol. The SMILES string of the molecule is CC(C)(C)c1ccc(C(C)(C)C)c(-c2ccc3c4c5c6cc(C(C)(C)C)ccc6n6c7cc(-c8cc(C(C)(C)C)ccc8C(C)(C)C)ccc7c(c7c8cc(C(C)(C)C)ccc8n(c3c2)c74)c56)c1. The molecule has 2 heteroatoms. The molecule has 0 bridgehead atoms. The van der Waals surface area contributed by atoms with E-state index in [4.69, 9.17) is 0 Å². The van der Waals surface area contributed by atoms with Gasteiger partial charge in [-0.2, -0.15) is 0 Å². The van der Waals surface area contributed by atoms with Gasteiger partial charge in [-0.3, -0.25) is 0 Å². The molecule has 0 spiro atoms. The van der Waals surface area contributed by atoms with Crippen LogP contribution >= 0.6 is 0 Å². The van der Waals surface area contributed by atoms with E-state index in [-0.39, 0.29) is 32.5 Å². The average molecular weight is 893 g/mol. The monoisotopic (exact) mass is 893 g/mol. The summed E-state index contributed by atoms with van der Waals surface area (Å²) in [5, 5.41) is 10.8. The molecule has 0 unspecified atom stereocenters. The standard InChI is InChI=1S/C66H72N2/c1-61(2,3)39-21-27-49(65(13,14)15)45(33-39)37-19-25-43-53(31-37)67-51-29-23-41(63(7,8)9)35-47(51)58-56-44-26-20-38(46-34-40(62(4,5)6)22-28-50(46)66(16,17)18)32-54(44)68-52-30-24-42(64(10,11)12)36-48(52)57(60(56)68)55(43)59(58)67/h19-36H,1-18H3. The minimum atomic E-state index is -0.0217. The largest absolute Gasteiger partial charge is 0.308 e. The Morgan fingerprint density at radius 1 is 0.265 bits per heavy atom. The van der Waals surface area contributed by atoms with E-state index in [1.807, 2.05) is 0 Å². The van der Waals surface area contributed by atoms with E-state index >= 15 is 0 Å². The minimum absolute atomic E-state index is 0.00999. The lowest BCUT2D eigenvalue weighted by Gasteiger charge is -2.27. The zero-order chi connectivity index (χ0) is 48.7. The first-order valence-corrected chi connectivity index (χ1v) is 25.3. The van der Waals surface area contributed by atoms with Crippen molar-refractivity contribution in [3.8, 4) is 22.3 Å². The van der Waals surface area contributed by atoms with Gasteiger partial charge in [0.15, 0.2) is 0 Å². The highest BCUT2D eigenvalue weighted by Crippen LogP contribution is 2.54. The number of hydrogen-bond acceptors (Lipinski definition) is 0. The van der Waals surface area contributed by atoms with Crippen LogP contribution in [0.3, 0.4) is 0 Å². The molecule has 0 aliphatic carbocycles. The number of hydrogen-bond donors (Lipinski definition) is 0. The van der Waals surface area contributed by atoms with E-state index in [0.717, 1.165) is 0 Å². The van der Waals surface area contributed by atoms with Crippen LogP contribution in [-0.4, -0.2) is 8.80 Å². The number of nitrogens with zero attached hydrogens (tertiary/aromatic N) is 2. The quantitative estimate of drug-likeness (QED) is 0.163. The molecule has 11 rings (SSSR count). The Kier molecular flexibility index (Phi) is 9.12. The lowest BCUT2D eigenvalue weighted by atomic mass is 9.78. The lowest BCUT2D eigenvalue weighted by Crippen LogP contribution is -2.16. The molecule has 0 saturated heterocycles.